The molecule has 134 valence electrons. The Labute approximate surface area is 154 Å². The first-order valence-electron chi connectivity index (χ1n) is 8.24. The number of likely N-dealkylation sites (N-methyl/N-ethyl adjacent to an activating group) is 2. The first-order valence-corrected chi connectivity index (χ1v) is 8.24. The third kappa shape index (κ3) is 2.69. The molecular formula is C20H15N3O4. The lowest BCUT2D eigenvalue weighted by molar-refractivity contribution is -0.134. The minimum Gasteiger partial charge on any atom is -0.355 e. The summed E-state index contributed by atoms with van der Waals surface area (Å²) in [6, 6.07) is 14.2. The molecule has 0 bridgehead atoms. The predicted molar refractivity (Wildman–Crippen MR) is 98.4 cm³/mol. The maximum absolute atomic E-state index is 12.4. The third-order valence-electron chi connectivity index (χ3n) is 4.49. The SMILES string of the molecule is CN1C(=O)C(=Cc2ccc3noc(-c4ccccc4)c3c2)C(=O)N(C)C1=O. The summed E-state index contributed by atoms with van der Waals surface area (Å²) < 4.78 is 5.47. The summed E-state index contributed by atoms with van der Waals surface area (Å²) in [6.45, 7) is 0. The number of carbonyl (C=O) groups is 3. The Balaban J connectivity index is 1.81. The summed E-state index contributed by atoms with van der Waals surface area (Å²) in [6.07, 6.45) is 1.48. The second-order valence-corrected chi connectivity index (χ2v) is 6.22. The van der Waals surface area contributed by atoms with Crippen molar-refractivity contribution in [2.75, 3.05) is 14.1 Å². The van der Waals surface area contributed by atoms with Crippen molar-refractivity contribution >= 4 is 34.8 Å². The van der Waals surface area contributed by atoms with E-state index in [4.69, 9.17) is 4.52 Å². The van der Waals surface area contributed by atoms with Crippen molar-refractivity contribution in [2.45, 2.75) is 0 Å². The van der Waals surface area contributed by atoms with E-state index in [1.54, 1.807) is 18.2 Å². The van der Waals surface area contributed by atoms with Crippen LogP contribution in [-0.4, -0.2) is 46.9 Å². The van der Waals surface area contributed by atoms with Gasteiger partial charge in [0.2, 0.25) is 0 Å². The molecule has 0 radical (unpaired) electrons. The number of benzene rings is 2. The van der Waals surface area contributed by atoms with Crippen molar-refractivity contribution in [1.29, 1.82) is 0 Å². The number of hydrogen-bond donors (Lipinski definition) is 0. The second-order valence-electron chi connectivity index (χ2n) is 6.22. The van der Waals surface area contributed by atoms with E-state index in [9.17, 15) is 14.4 Å². The smallest absolute Gasteiger partial charge is 0.333 e. The van der Waals surface area contributed by atoms with E-state index in [0.29, 0.717) is 16.8 Å². The highest BCUT2D eigenvalue weighted by Gasteiger charge is 2.37. The van der Waals surface area contributed by atoms with Crippen LogP contribution in [0.25, 0.3) is 28.3 Å². The van der Waals surface area contributed by atoms with Crippen LogP contribution in [0.3, 0.4) is 0 Å². The standard InChI is InChI=1S/C20H15N3O4/c1-22-18(24)15(19(25)23(2)20(22)26)11-12-8-9-16-14(10-12)17(27-21-16)13-6-4-3-5-7-13/h3-11H,1-2H3. The molecule has 4 rings (SSSR count). The molecule has 1 aliphatic heterocycles. The first-order chi connectivity index (χ1) is 13.0. The summed E-state index contributed by atoms with van der Waals surface area (Å²) in [5.74, 6) is -0.648. The van der Waals surface area contributed by atoms with E-state index in [0.717, 1.165) is 20.7 Å². The van der Waals surface area contributed by atoms with E-state index in [1.165, 1.54) is 20.2 Å². The van der Waals surface area contributed by atoms with Crippen LogP contribution < -0.4 is 0 Å². The summed E-state index contributed by atoms with van der Waals surface area (Å²) >= 11 is 0. The van der Waals surface area contributed by atoms with Gasteiger partial charge in [0.25, 0.3) is 11.8 Å². The zero-order valence-corrected chi connectivity index (χ0v) is 14.7. The Bertz CT molecular complexity index is 1090. The molecule has 0 spiro atoms. The van der Waals surface area contributed by atoms with E-state index in [-0.39, 0.29) is 5.57 Å². The zero-order valence-electron chi connectivity index (χ0n) is 14.7. The molecule has 0 saturated carbocycles. The molecule has 1 aliphatic rings. The number of imide groups is 2. The van der Waals surface area contributed by atoms with Gasteiger partial charge in [0, 0.05) is 19.7 Å². The highest BCUT2D eigenvalue weighted by Crippen LogP contribution is 2.30. The molecule has 0 unspecified atom stereocenters. The molecule has 0 aliphatic carbocycles. The molecule has 1 aromatic heterocycles. The first kappa shape index (κ1) is 16.7. The van der Waals surface area contributed by atoms with Crippen LogP contribution >= 0.6 is 0 Å². The number of barbiturate groups is 1. The Morgan fingerprint density at radius 1 is 0.926 bits per heavy atom. The summed E-state index contributed by atoms with van der Waals surface area (Å²) in [4.78, 5) is 38.4. The fourth-order valence-corrected chi connectivity index (χ4v) is 2.99. The number of rotatable bonds is 2. The van der Waals surface area contributed by atoms with E-state index < -0.39 is 17.8 Å². The van der Waals surface area contributed by atoms with Gasteiger partial charge in [-0.05, 0) is 23.8 Å². The topological polar surface area (TPSA) is 83.7 Å². The van der Waals surface area contributed by atoms with Gasteiger partial charge in [-0.1, -0.05) is 41.6 Å². The summed E-state index contributed by atoms with van der Waals surface area (Å²) in [5.41, 5.74) is 2.11. The van der Waals surface area contributed by atoms with Gasteiger partial charge in [0.15, 0.2) is 5.76 Å². The molecule has 3 aromatic rings. The van der Waals surface area contributed by atoms with Gasteiger partial charge in [-0.2, -0.15) is 0 Å². The Hall–Kier alpha value is -3.74. The molecule has 0 N–H and O–H groups in total. The number of nitrogens with zero attached hydrogens (tertiary/aromatic N) is 3. The van der Waals surface area contributed by atoms with Crippen LogP contribution in [0.5, 0.6) is 0 Å². The second kappa shape index (κ2) is 6.21. The van der Waals surface area contributed by atoms with Crippen molar-refractivity contribution in [3.8, 4) is 11.3 Å². The molecule has 4 amide bonds. The highest BCUT2D eigenvalue weighted by molar-refractivity contribution is 6.30. The lowest BCUT2D eigenvalue weighted by Gasteiger charge is -2.28. The Morgan fingerprint density at radius 2 is 1.59 bits per heavy atom. The number of fused-ring (bicyclic) bond motifs is 1. The molecule has 7 nitrogen and oxygen atoms in total. The van der Waals surface area contributed by atoms with Gasteiger partial charge in [-0.15, -0.1) is 0 Å². The normalized spacial score (nSPS) is 15.0. The lowest BCUT2D eigenvalue weighted by atomic mass is 10.0. The monoisotopic (exact) mass is 361 g/mol. The third-order valence-corrected chi connectivity index (χ3v) is 4.49. The lowest BCUT2D eigenvalue weighted by Crippen LogP contribution is -2.52. The molecule has 2 heterocycles. The predicted octanol–water partition coefficient (Wildman–Crippen LogP) is 2.93. The van der Waals surface area contributed by atoms with Gasteiger partial charge in [-0.3, -0.25) is 19.4 Å². The van der Waals surface area contributed by atoms with Crippen LogP contribution in [0.2, 0.25) is 0 Å². The quantitative estimate of drug-likeness (QED) is 0.518. The van der Waals surface area contributed by atoms with Crippen LogP contribution in [0.1, 0.15) is 5.56 Å². The minimum absolute atomic E-state index is 0.0725. The van der Waals surface area contributed by atoms with E-state index >= 15 is 0 Å². The average Bonchev–Trinajstić information content (AvgIpc) is 3.12. The van der Waals surface area contributed by atoms with Gasteiger partial charge in [0.05, 0.1) is 5.39 Å². The van der Waals surface area contributed by atoms with E-state index in [1.807, 2.05) is 30.3 Å². The number of amides is 4. The van der Waals surface area contributed by atoms with Crippen molar-refractivity contribution in [3.05, 3.63) is 59.7 Å². The maximum Gasteiger partial charge on any atom is 0.333 e. The summed E-state index contributed by atoms with van der Waals surface area (Å²) in [7, 11) is 2.69. The van der Waals surface area contributed by atoms with Crippen molar-refractivity contribution < 1.29 is 18.9 Å². The molecule has 0 atom stereocenters. The molecule has 7 heteroatoms. The fraction of sp³-hybridized carbons (Fsp3) is 0.100. The van der Waals surface area contributed by atoms with Crippen molar-refractivity contribution in [3.63, 3.8) is 0 Å². The van der Waals surface area contributed by atoms with Crippen molar-refractivity contribution in [2.24, 2.45) is 0 Å². The highest BCUT2D eigenvalue weighted by atomic mass is 16.5. The Morgan fingerprint density at radius 3 is 2.26 bits per heavy atom. The van der Waals surface area contributed by atoms with Crippen LogP contribution in [0, 0.1) is 0 Å². The molecule has 1 fully saturated rings. The fourth-order valence-electron chi connectivity index (χ4n) is 2.99. The van der Waals surface area contributed by atoms with E-state index in [2.05, 4.69) is 5.16 Å². The maximum atomic E-state index is 12.4. The molecule has 2 aromatic carbocycles. The van der Waals surface area contributed by atoms with Gasteiger partial charge in [0.1, 0.15) is 11.1 Å². The molecule has 1 saturated heterocycles. The minimum atomic E-state index is -0.650. The zero-order chi connectivity index (χ0) is 19.1. The average molecular weight is 361 g/mol. The molecule has 27 heavy (non-hydrogen) atoms. The number of urea groups is 1. The van der Waals surface area contributed by atoms with Gasteiger partial charge < -0.3 is 4.52 Å². The number of hydrogen-bond acceptors (Lipinski definition) is 5. The van der Waals surface area contributed by atoms with Gasteiger partial charge >= 0.3 is 6.03 Å². The van der Waals surface area contributed by atoms with Crippen LogP contribution in [-0.2, 0) is 9.59 Å². The summed E-state index contributed by atoms with van der Waals surface area (Å²) in [5, 5.41) is 4.82. The number of aromatic nitrogens is 1. The van der Waals surface area contributed by atoms with Gasteiger partial charge in [-0.25, -0.2) is 4.79 Å². The van der Waals surface area contributed by atoms with Crippen molar-refractivity contribution in [1.82, 2.24) is 15.0 Å². The number of carbonyl (C=O) groups excluding carboxylic acids is 3. The molecular weight excluding hydrogens is 346 g/mol. The largest absolute Gasteiger partial charge is 0.355 e. The van der Waals surface area contributed by atoms with Crippen LogP contribution in [0.4, 0.5) is 4.79 Å². The Kier molecular flexibility index (Phi) is 3.84. The van der Waals surface area contributed by atoms with Crippen LogP contribution in [0.15, 0.2) is 58.6 Å².